The molecule has 2 atom stereocenters. The predicted octanol–water partition coefficient (Wildman–Crippen LogP) is 0.669. The van der Waals surface area contributed by atoms with Gasteiger partial charge in [0.05, 0.1) is 37.3 Å². The molecule has 2 amide bonds. The number of aliphatic carboxylic acids is 1. The van der Waals surface area contributed by atoms with Crippen molar-refractivity contribution in [1.29, 1.82) is 0 Å². The zero-order valence-corrected chi connectivity index (χ0v) is 13.0. The molecule has 21 heavy (non-hydrogen) atoms. The zero-order valence-electron chi connectivity index (χ0n) is 13.0. The second kappa shape index (κ2) is 7.61. The molecule has 0 aromatic rings. The van der Waals surface area contributed by atoms with Crippen molar-refractivity contribution in [1.82, 2.24) is 10.2 Å². The summed E-state index contributed by atoms with van der Waals surface area (Å²) in [7, 11) is 0. The first kappa shape index (κ1) is 17.7. The molecule has 0 saturated carbocycles. The number of urea groups is 1. The summed E-state index contributed by atoms with van der Waals surface area (Å²) in [6.07, 6.45) is 0.874. The summed E-state index contributed by atoms with van der Waals surface area (Å²) in [5, 5.41) is 21.0. The van der Waals surface area contributed by atoms with E-state index in [9.17, 15) is 14.7 Å². The van der Waals surface area contributed by atoms with Crippen molar-refractivity contribution >= 4 is 12.0 Å². The van der Waals surface area contributed by atoms with Crippen molar-refractivity contribution in [3.05, 3.63) is 0 Å². The van der Waals surface area contributed by atoms with E-state index in [1.54, 1.807) is 4.90 Å². The van der Waals surface area contributed by atoms with Crippen LogP contribution in [0, 0.1) is 5.92 Å². The molecule has 7 heteroatoms. The van der Waals surface area contributed by atoms with Gasteiger partial charge in [0.1, 0.15) is 0 Å². The van der Waals surface area contributed by atoms with Gasteiger partial charge in [-0.15, -0.1) is 0 Å². The quantitative estimate of drug-likeness (QED) is 0.669. The van der Waals surface area contributed by atoms with E-state index in [1.165, 1.54) is 0 Å². The van der Waals surface area contributed by atoms with E-state index in [0.717, 1.165) is 6.42 Å². The maximum absolute atomic E-state index is 12.2. The molecule has 1 aliphatic heterocycles. The number of ether oxygens (including phenoxy) is 1. The Labute approximate surface area is 125 Å². The molecular weight excluding hydrogens is 276 g/mol. The molecule has 1 aliphatic rings. The third kappa shape index (κ3) is 5.51. The minimum absolute atomic E-state index is 0.115. The van der Waals surface area contributed by atoms with Crippen LogP contribution >= 0.6 is 0 Å². The van der Waals surface area contributed by atoms with Crippen molar-refractivity contribution in [3.8, 4) is 0 Å². The Kier molecular flexibility index (Phi) is 6.42. The Bertz CT molecular complexity index is 372. The Morgan fingerprint density at radius 3 is 2.67 bits per heavy atom. The molecule has 1 rings (SSSR count). The Morgan fingerprint density at radius 1 is 1.48 bits per heavy atom. The van der Waals surface area contributed by atoms with Crippen molar-refractivity contribution in [2.45, 2.75) is 45.3 Å². The van der Waals surface area contributed by atoms with Crippen LogP contribution in [-0.4, -0.2) is 65.1 Å². The number of hydrogen-bond acceptors (Lipinski definition) is 4. The Morgan fingerprint density at radius 2 is 2.14 bits per heavy atom. The van der Waals surface area contributed by atoms with Crippen LogP contribution in [0.15, 0.2) is 0 Å². The second-order valence-corrected chi connectivity index (χ2v) is 6.07. The van der Waals surface area contributed by atoms with E-state index >= 15 is 0 Å². The highest BCUT2D eigenvalue weighted by atomic mass is 16.5. The van der Waals surface area contributed by atoms with E-state index in [2.05, 4.69) is 5.32 Å². The topological polar surface area (TPSA) is 99.1 Å². The maximum Gasteiger partial charge on any atom is 0.317 e. The van der Waals surface area contributed by atoms with Crippen LogP contribution < -0.4 is 5.32 Å². The van der Waals surface area contributed by atoms with Crippen LogP contribution in [0.5, 0.6) is 0 Å². The van der Waals surface area contributed by atoms with Crippen LogP contribution in [0.3, 0.4) is 0 Å². The van der Waals surface area contributed by atoms with Gasteiger partial charge >= 0.3 is 12.0 Å². The summed E-state index contributed by atoms with van der Waals surface area (Å²) in [5.74, 6) is -1.46. The summed E-state index contributed by atoms with van der Waals surface area (Å²) in [6.45, 7) is 6.29. The first-order valence-electron chi connectivity index (χ1n) is 7.33. The molecule has 0 radical (unpaired) electrons. The van der Waals surface area contributed by atoms with Gasteiger partial charge in [0, 0.05) is 6.54 Å². The molecule has 0 bridgehead atoms. The summed E-state index contributed by atoms with van der Waals surface area (Å²) in [6, 6.07) is -0.313. The second-order valence-electron chi connectivity index (χ2n) is 6.07. The maximum atomic E-state index is 12.2. The third-order valence-electron chi connectivity index (χ3n) is 3.46. The minimum atomic E-state index is -0.896. The molecule has 1 fully saturated rings. The number of rotatable bonds is 6. The van der Waals surface area contributed by atoms with E-state index < -0.39 is 23.6 Å². The van der Waals surface area contributed by atoms with Gasteiger partial charge < -0.3 is 25.2 Å². The Hall–Kier alpha value is -1.34. The van der Waals surface area contributed by atoms with Gasteiger partial charge in [0.15, 0.2) is 0 Å². The van der Waals surface area contributed by atoms with E-state index in [4.69, 9.17) is 9.84 Å². The highest BCUT2D eigenvalue weighted by Crippen LogP contribution is 2.20. The minimum Gasteiger partial charge on any atom is -0.481 e. The molecule has 122 valence electrons. The number of carbonyl (C=O) groups excluding carboxylic acids is 1. The predicted molar refractivity (Wildman–Crippen MR) is 77.0 cm³/mol. The summed E-state index contributed by atoms with van der Waals surface area (Å²) < 4.78 is 5.64. The summed E-state index contributed by atoms with van der Waals surface area (Å²) in [4.78, 5) is 24.8. The number of nitrogens with zero attached hydrogens (tertiary/aromatic N) is 1. The van der Waals surface area contributed by atoms with Gasteiger partial charge in [-0.3, -0.25) is 4.79 Å². The van der Waals surface area contributed by atoms with Gasteiger partial charge in [-0.1, -0.05) is 13.3 Å². The van der Waals surface area contributed by atoms with Crippen LogP contribution in [0.25, 0.3) is 0 Å². The van der Waals surface area contributed by atoms with Crippen molar-refractivity contribution in [2.24, 2.45) is 5.92 Å². The molecule has 3 N–H and O–H groups in total. The van der Waals surface area contributed by atoms with Crippen molar-refractivity contribution < 1.29 is 24.5 Å². The highest BCUT2D eigenvalue weighted by Gasteiger charge is 2.35. The molecule has 0 aromatic carbocycles. The molecule has 2 unspecified atom stereocenters. The summed E-state index contributed by atoms with van der Waals surface area (Å²) >= 11 is 0. The zero-order chi connectivity index (χ0) is 16.0. The highest BCUT2D eigenvalue weighted by molar-refractivity contribution is 5.76. The number of nitrogens with one attached hydrogen (secondary N) is 1. The SMILES string of the molecule is CCCC(CNC(=O)N1CC(CO)OC(C)(C)C1)C(=O)O. The molecule has 1 heterocycles. The van der Waals surface area contributed by atoms with Gasteiger partial charge in [0.25, 0.3) is 0 Å². The Balaban J connectivity index is 2.55. The monoisotopic (exact) mass is 302 g/mol. The van der Waals surface area contributed by atoms with Crippen molar-refractivity contribution in [3.63, 3.8) is 0 Å². The average molecular weight is 302 g/mol. The van der Waals surface area contributed by atoms with Crippen molar-refractivity contribution in [2.75, 3.05) is 26.2 Å². The lowest BCUT2D eigenvalue weighted by atomic mass is 10.0. The molecular formula is C14H26N2O5. The molecule has 0 aliphatic carbocycles. The summed E-state index contributed by atoms with van der Waals surface area (Å²) in [5.41, 5.74) is -0.529. The number of aliphatic hydroxyl groups is 1. The average Bonchev–Trinajstić information content (AvgIpc) is 2.40. The fourth-order valence-corrected chi connectivity index (χ4v) is 2.53. The number of amides is 2. The lowest BCUT2D eigenvalue weighted by Gasteiger charge is -2.42. The van der Waals surface area contributed by atoms with Crippen LogP contribution in [0.4, 0.5) is 4.79 Å². The third-order valence-corrected chi connectivity index (χ3v) is 3.46. The van der Waals surface area contributed by atoms with E-state index in [-0.39, 0.29) is 19.2 Å². The first-order chi connectivity index (χ1) is 9.79. The molecule has 1 saturated heterocycles. The fourth-order valence-electron chi connectivity index (χ4n) is 2.53. The van der Waals surface area contributed by atoms with E-state index in [0.29, 0.717) is 19.5 Å². The number of morpholine rings is 1. The lowest BCUT2D eigenvalue weighted by molar-refractivity contribution is -0.142. The first-order valence-corrected chi connectivity index (χ1v) is 7.33. The lowest BCUT2D eigenvalue weighted by Crippen LogP contribution is -2.58. The number of hydrogen-bond donors (Lipinski definition) is 3. The fraction of sp³-hybridized carbons (Fsp3) is 0.857. The number of aliphatic hydroxyl groups excluding tert-OH is 1. The largest absolute Gasteiger partial charge is 0.481 e. The number of carboxylic acid groups (broad SMARTS) is 1. The van der Waals surface area contributed by atoms with Gasteiger partial charge in [-0.05, 0) is 20.3 Å². The normalized spacial score (nSPS) is 22.7. The number of carbonyl (C=O) groups is 2. The van der Waals surface area contributed by atoms with Crippen LogP contribution in [0.2, 0.25) is 0 Å². The molecule has 7 nitrogen and oxygen atoms in total. The van der Waals surface area contributed by atoms with Crippen LogP contribution in [-0.2, 0) is 9.53 Å². The molecule has 0 aromatic heterocycles. The van der Waals surface area contributed by atoms with Gasteiger partial charge in [0.2, 0.25) is 0 Å². The van der Waals surface area contributed by atoms with Crippen LogP contribution in [0.1, 0.15) is 33.6 Å². The molecule has 0 spiro atoms. The van der Waals surface area contributed by atoms with E-state index in [1.807, 2.05) is 20.8 Å². The number of carboxylic acids is 1. The van der Waals surface area contributed by atoms with Gasteiger partial charge in [-0.2, -0.15) is 0 Å². The standard InChI is InChI=1S/C14H26N2O5/c1-4-5-10(12(18)19)6-15-13(20)16-7-11(8-17)21-14(2,3)9-16/h10-11,17H,4-9H2,1-3H3,(H,15,20)(H,18,19). The van der Waals surface area contributed by atoms with Gasteiger partial charge in [-0.25, -0.2) is 4.79 Å². The smallest absolute Gasteiger partial charge is 0.317 e.